The highest BCUT2D eigenvalue weighted by molar-refractivity contribution is 5.89. The van der Waals surface area contributed by atoms with Gasteiger partial charge in [-0.25, -0.2) is 0 Å². The van der Waals surface area contributed by atoms with Gasteiger partial charge < -0.3 is 9.47 Å². The average Bonchev–Trinajstić information content (AvgIpc) is 3.09. The van der Waals surface area contributed by atoms with Crippen molar-refractivity contribution in [1.29, 1.82) is 0 Å². The fourth-order valence-electron chi connectivity index (χ4n) is 7.08. The highest BCUT2D eigenvalue weighted by Gasteiger charge is 2.46. The number of para-hydroxylation sites is 1. The van der Waals surface area contributed by atoms with Crippen molar-refractivity contribution in [3.05, 3.63) is 47.7 Å². The predicted octanol–water partition coefficient (Wildman–Crippen LogP) is 4.14. The number of hydrogen-bond acceptors (Lipinski definition) is 2. The van der Waals surface area contributed by atoms with Gasteiger partial charge in [0, 0.05) is 43.3 Å². The lowest BCUT2D eigenvalue weighted by Crippen LogP contribution is -2.60. The fraction of sp³-hybridized carbons (Fsp3) is 0.577. The molecule has 4 heterocycles. The molecule has 3 aliphatic heterocycles. The molecule has 30 heavy (non-hydrogen) atoms. The topological polar surface area (TPSA) is 28.5 Å². The Bertz CT molecular complexity index is 1000. The van der Waals surface area contributed by atoms with Crippen molar-refractivity contribution in [2.75, 3.05) is 19.6 Å². The number of hydrogen-bond donors (Lipinski definition) is 0. The van der Waals surface area contributed by atoms with Crippen LogP contribution in [0.5, 0.6) is 0 Å². The largest absolute Gasteiger partial charge is 0.350 e. The van der Waals surface area contributed by atoms with Crippen LogP contribution in [0.25, 0.3) is 10.9 Å². The SMILES string of the molecule is Cn1cc(CC(=O)N2CCCC3=CC4CC(CN5CCCC[C@H]45)[C@@H]32)c2ccccc21. The summed E-state index contributed by atoms with van der Waals surface area (Å²) in [5.41, 5.74) is 3.96. The van der Waals surface area contributed by atoms with Crippen molar-refractivity contribution in [2.24, 2.45) is 18.9 Å². The smallest absolute Gasteiger partial charge is 0.227 e. The first-order valence-corrected chi connectivity index (χ1v) is 12.0. The summed E-state index contributed by atoms with van der Waals surface area (Å²) in [5, 5.41) is 1.22. The monoisotopic (exact) mass is 403 g/mol. The van der Waals surface area contributed by atoms with E-state index in [9.17, 15) is 4.79 Å². The molecule has 3 fully saturated rings. The van der Waals surface area contributed by atoms with E-state index in [-0.39, 0.29) is 0 Å². The van der Waals surface area contributed by atoms with Gasteiger partial charge in [0.25, 0.3) is 0 Å². The van der Waals surface area contributed by atoms with Crippen molar-refractivity contribution >= 4 is 16.8 Å². The van der Waals surface area contributed by atoms with Gasteiger partial charge in [-0.15, -0.1) is 0 Å². The van der Waals surface area contributed by atoms with Gasteiger partial charge in [-0.2, -0.15) is 0 Å². The molecule has 3 saturated heterocycles. The van der Waals surface area contributed by atoms with Crippen LogP contribution in [0.2, 0.25) is 0 Å². The van der Waals surface area contributed by atoms with E-state index >= 15 is 0 Å². The first-order chi connectivity index (χ1) is 14.7. The minimum Gasteiger partial charge on any atom is -0.350 e. The normalized spacial score (nSPS) is 31.2. The maximum atomic E-state index is 13.6. The van der Waals surface area contributed by atoms with Crippen LogP contribution in [0.15, 0.2) is 42.1 Å². The third-order valence-electron chi connectivity index (χ3n) is 8.30. The first kappa shape index (κ1) is 18.7. The molecule has 1 amide bonds. The van der Waals surface area contributed by atoms with Gasteiger partial charge in [-0.1, -0.05) is 36.3 Å². The molecule has 2 aromatic rings. The molecular weight excluding hydrogens is 370 g/mol. The number of piperidine rings is 3. The number of carbonyl (C=O) groups is 1. The summed E-state index contributed by atoms with van der Waals surface area (Å²) < 4.78 is 2.16. The Labute approximate surface area is 179 Å². The standard InChI is InChI=1S/C26H33N3O/c1-27-16-20(22-8-2-3-10-24(22)27)15-25(30)29-12-6-7-18-13-19-14-21(26(18)29)17-28-11-5-4-9-23(19)28/h2-3,8,10,13,16,19,21,23,26H,4-7,9,11-12,14-15,17H2,1H3/t19?,21?,23-,26-/m1/s1. The summed E-state index contributed by atoms with van der Waals surface area (Å²) in [6.07, 6.45) is 13.0. The minimum absolute atomic E-state index is 0.321. The highest BCUT2D eigenvalue weighted by atomic mass is 16.2. The molecule has 2 unspecified atom stereocenters. The molecule has 6 rings (SSSR count). The van der Waals surface area contributed by atoms with E-state index in [4.69, 9.17) is 0 Å². The molecule has 4 aliphatic rings. The van der Waals surface area contributed by atoms with Crippen LogP contribution in [0.3, 0.4) is 0 Å². The van der Waals surface area contributed by atoms with E-state index in [1.165, 1.54) is 61.7 Å². The van der Waals surface area contributed by atoms with Gasteiger partial charge in [-0.3, -0.25) is 9.69 Å². The molecule has 4 atom stereocenters. The van der Waals surface area contributed by atoms with Gasteiger partial charge in [0.05, 0.1) is 12.5 Å². The lowest BCUT2D eigenvalue weighted by molar-refractivity contribution is -0.135. The van der Waals surface area contributed by atoms with Crippen LogP contribution in [0, 0.1) is 11.8 Å². The molecule has 1 aromatic carbocycles. The van der Waals surface area contributed by atoms with Gasteiger partial charge in [-0.05, 0) is 62.1 Å². The number of carbonyl (C=O) groups excluding carboxylic acids is 1. The summed E-state index contributed by atoms with van der Waals surface area (Å²) in [6.45, 7) is 3.38. The lowest BCUT2D eigenvalue weighted by atomic mass is 9.68. The quantitative estimate of drug-likeness (QED) is 0.705. The Balaban J connectivity index is 1.28. The van der Waals surface area contributed by atoms with Crippen molar-refractivity contribution in [3.8, 4) is 0 Å². The van der Waals surface area contributed by atoms with E-state index in [0.717, 1.165) is 24.9 Å². The van der Waals surface area contributed by atoms with Crippen molar-refractivity contribution in [2.45, 2.75) is 57.0 Å². The second-order valence-electron chi connectivity index (χ2n) is 10.1. The van der Waals surface area contributed by atoms with Gasteiger partial charge in [0.15, 0.2) is 0 Å². The predicted molar refractivity (Wildman–Crippen MR) is 120 cm³/mol. The van der Waals surface area contributed by atoms with E-state index in [0.29, 0.717) is 24.3 Å². The Kier molecular flexibility index (Phi) is 4.52. The lowest BCUT2D eigenvalue weighted by Gasteiger charge is -2.54. The van der Waals surface area contributed by atoms with Crippen LogP contribution >= 0.6 is 0 Å². The molecule has 0 spiro atoms. The number of rotatable bonds is 2. The third-order valence-corrected chi connectivity index (χ3v) is 8.30. The maximum Gasteiger partial charge on any atom is 0.227 e. The number of likely N-dealkylation sites (tertiary alicyclic amines) is 1. The molecule has 2 bridgehead atoms. The summed E-state index contributed by atoms with van der Waals surface area (Å²) >= 11 is 0. The fourth-order valence-corrected chi connectivity index (χ4v) is 7.08. The van der Waals surface area contributed by atoms with Crippen molar-refractivity contribution in [3.63, 3.8) is 0 Å². The molecule has 1 aliphatic carbocycles. The molecule has 0 N–H and O–H groups in total. The Morgan fingerprint density at radius 3 is 2.97 bits per heavy atom. The number of nitrogens with zero attached hydrogens (tertiary/aromatic N) is 3. The number of aromatic nitrogens is 1. The maximum absolute atomic E-state index is 13.6. The van der Waals surface area contributed by atoms with Crippen molar-refractivity contribution in [1.82, 2.24) is 14.4 Å². The van der Waals surface area contributed by atoms with E-state index in [2.05, 4.69) is 58.0 Å². The van der Waals surface area contributed by atoms with Crippen LogP contribution < -0.4 is 0 Å². The number of amides is 1. The number of fused-ring (bicyclic) bond motifs is 7. The number of aryl methyl sites for hydroxylation is 1. The second kappa shape index (κ2) is 7.26. The van der Waals surface area contributed by atoms with Gasteiger partial charge in [0.2, 0.25) is 5.91 Å². The Morgan fingerprint density at radius 2 is 2.03 bits per heavy atom. The molecule has 158 valence electrons. The molecule has 0 radical (unpaired) electrons. The average molecular weight is 404 g/mol. The first-order valence-electron chi connectivity index (χ1n) is 12.0. The van der Waals surface area contributed by atoms with E-state index in [1.807, 2.05) is 0 Å². The summed E-state index contributed by atoms with van der Waals surface area (Å²) in [5.74, 6) is 1.67. The van der Waals surface area contributed by atoms with Crippen LogP contribution in [-0.4, -0.2) is 52.0 Å². The van der Waals surface area contributed by atoms with Crippen LogP contribution in [0.1, 0.15) is 44.1 Å². The summed E-state index contributed by atoms with van der Waals surface area (Å²) in [6, 6.07) is 9.57. The van der Waals surface area contributed by atoms with E-state index in [1.54, 1.807) is 5.57 Å². The highest BCUT2D eigenvalue weighted by Crippen LogP contribution is 2.45. The van der Waals surface area contributed by atoms with Crippen LogP contribution in [0.4, 0.5) is 0 Å². The van der Waals surface area contributed by atoms with Crippen molar-refractivity contribution < 1.29 is 4.79 Å². The molecule has 4 nitrogen and oxygen atoms in total. The zero-order valence-electron chi connectivity index (χ0n) is 18.1. The second-order valence-corrected chi connectivity index (χ2v) is 10.1. The molecule has 1 aromatic heterocycles. The van der Waals surface area contributed by atoms with Gasteiger partial charge >= 0.3 is 0 Å². The number of benzene rings is 1. The third kappa shape index (κ3) is 2.95. The zero-order chi connectivity index (χ0) is 20.2. The molecule has 0 saturated carbocycles. The van der Waals surface area contributed by atoms with E-state index < -0.39 is 0 Å². The van der Waals surface area contributed by atoms with Crippen LogP contribution in [-0.2, 0) is 18.3 Å². The van der Waals surface area contributed by atoms with Gasteiger partial charge in [0.1, 0.15) is 0 Å². The summed E-state index contributed by atoms with van der Waals surface area (Å²) in [4.78, 5) is 18.6. The molecule has 4 heteroatoms. The Morgan fingerprint density at radius 1 is 1.13 bits per heavy atom. The Hall–Kier alpha value is -2.07. The minimum atomic E-state index is 0.321. The molecular formula is C26H33N3O. The zero-order valence-corrected chi connectivity index (χ0v) is 18.1. The summed E-state index contributed by atoms with van der Waals surface area (Å²) in [7, 11) is 2.08.